The molecule has 0 bridgehead atoms. The Kier molecular flexibility index (Phi) is 4.15. The molecule has 1 atom stereocenters. The molecule has 102 valence electrons. The fourth-order valence-corrected chi connectivity index (χ4v) is 2.31. The van der Waals surface area contributed by atoms with E-state index in [1.54, 1.807) is 24.3 Å². The molecule has 0 fully saturated rings. The summed E-state index contributed by atoms with van der Waals surface area (Å²) in [4.78, 5) is 0. The molecular weight excluding hydrogens is 288 g/mol. The van der Waals surface area contributed by atoms with Gasteiger partial charge in [-0.2, -0.15) is 0 Å². The molecule has 0 aliphatic carbocycles. The van der Waals surface area contributed by atoms with Gasteiger partial charge in [0.2, 0.25) is 0 Å². The van der Waals surface area contributed by atoms with Crippen molar-refractivity contribution in [3.8, 4) is 11.1 Å². The average molecular weight is 301 g/mol. The van der Waals surface area contributed by atoms with Gasteiger partial charge in [-0.05, 0) is 28.8 Å². The lowest BCUT2D eigenvalue weighted by atomic mass is 10.0. The van der Waals surface area contributed by atoms with E-state index in [2.05, 4.69) is 0 Å². The van der Waals surface area contributed by atoms with E-state index in [1.807, 2.05) is 12.1 Å². The van der Waals surface area contributed by atoms with E-state index in [-0.39, 0.29) is 5.56 Å². The van der Waals surface area contributed by atoms with E-state index in [1.165, 1.54) is 12.1 Å². The lowest BCUT2D eigenvalue weighted by Gasteiger charge is -2.25. The highest BCUT2D eigenvalue weighted by atomic mass is 35.5. The van der Waals surface area contributed by atoms with E-state index >= 15 is 0 Å². The van der Waals surface area contributed by atoms with E-state index < -0.39 is 16.3 Å². The van der Waals surface area contributed by atoms with Crippen LogP contribution in [0.3, 0.4) is 0 Å². The molecule has 0 saturated carbocycles. The van der Waals surface area contributed by atoms with Gasteiger partial charge in [-0.15, -0.1) is 0 Å². The van der Waals surface area contributed by atoms with Gasteiger partial charge in [0, 0.05) is 5.02 Å². The van der Waals surface area contributed by atoms with Crippen LogP contribution in [0, 0.1) is 0 Å². The van der Waals surface area contributed by atoms with Gasteiger partial charge in [-0.25, -0.2) is 0 Å². The lowest BCUT2D eigenvalue weighted by molar-refractivity contribution is 0.208. The van der Waals surface area contributed by atoms with E-state index in [9.17, 15) is 5.11 Å². The number of rotatable bonds is 3. The SMILES string of the molecule is OC(c1ccc(-c2ccc(Cl)cc2)cc1)S(O)(O)O. The van der Waals surface area contributed by atoms with Crippen LogP contribution >= 0.6 is 22.5 Å². The van der Waals surface area contributed by atoms with Crippen molar-refractivity contribution in [2.24, 2.45) is 0 Å². The number of hydrogen-bond donors (Lipinski definition) is 4. The molecule has 0 aromatic heterocycles. The topological polar surface area (TPSA) is 80.9 Å². The Balaban J connectivity index is 2.26. The summed E-state index contributed by atoms with van der Waals surface area (Å²) in [7, 11) is -4.00. The van der Waals surface area contributed by atoms with Crippen LogP contribution in [0.4, 0.5) is 0 Å². The minimum atomic E-state index is -4.00. The van der Waals surface area contributed by atoms with E-state index in [4.69, 9.17) is 25.3 Å². The Morgan fingerprint density at radius 3 is 1.63 bits per heavy atom. The molecule has 0 aliphatic rings. The van der Waals surface area contributed by atoms with Crippen molar-refractivity contribution in [3.05, 3.63) is 59.1 Å². The predicted octanol–water partition coefficient (Wildman–Crippen LogP) is 4.22. The number of benzene rings is 2. The molecule has 0 amide bonds. The Morgan fingerprint density at radius 2 is 1.21 bits per heavy atom. The Bertz CT molecular complexity index is 548. The van der Waals surface area contributed by atoms with Crippen LogP contribution in [-0.4, -0.2) is 18.8 Å². The highest BCUT2D eigenvalue weighted by Gasteiger charge is 2.26. The zero-order valence-electron chi connectivity index (χ0n) is 9.77. The summed E-state index contributed by atoms with van der Waals surface area (Å²) in [5.41, 5.74) is 0.370. The maximum Gasteiger partial charge on any atom is 0.176 e. The molecule has 0 radical (unpaired) electrons. The van der Waals surface area contributed by atoms with Crippen molar-refractivity contribution in [1.82, 2.24) is 0 Å². The molecule has 2 rings (SSSR count). The summed E-state index contributed by atoms with van der Waals surface area (Å²) < 4.78 is 27.0. The highest BCUT2D eigenvalue weighted by molar-refractivity contribution is 8.19. The predicted molar refractivity (Wildman–Crippen MR) is 77.3 cm³/mol. The van der Waals surface area contributed by atoms with Crippen molar-refractivity contribution >= 4 is 22.5 Å². The maximum atomic E-state index is 9.52. The van der Waals surface area contributed by atoms with Crippen molar-refractivity contribution in [2.75, 3.05) is 0 Å². The third-order valence-corrected chi connectivity index (χ3v) is 3.80. The van der Waals surface area contributed by atoms with Gasteiger partial charge in [-0.3, -0.25) is 0 Å². The van der Waals surface area contributed by atoms with Crippen LogP contribution in [0.25, 0.3) is 11.1 Å². The number of aliphatic hydroxyl groups excluding tert-OH is 1. The summed E-state index contributed by atoms with van der Waals surface area (Å²) in [6.45, 7) is 0. The highest BCUT2D eigenvalue weighted by Crippen LogP contribution is 2.47. The molecule has 2 aromatic carbocycles. The van der Waals surface area contributed by atoms with Crippen molar-refractivity contribution < 1.29 is 18.8 Å². The molecule has 19 heavy (non-hydrogen) atoms. The van der Waals surface area contributed by atoms with Crippen LogP contribution in [0.15, 0.2) is 48.5 Å². The van der Waals surface area contributed by atoms with Crippen LogP contribution in [0.1, 0.15) is 11.0 Å². The standard InChI is InChI=1S/C13H13ClO4S/c14-12-7-5-10(6-8-12)9-1-3-11(4-2-9)13(15)19(16,17)18/h1-8,13,15-18H. The molecule has 4 nitrogen and oxygen atoms in total. The summed E-state index contributed by atoms with van der Waals surface area (Å²) in [5.74, 6) is 0. The number of aliphatic hydroxyl groups is 1. The van der Waals surface area contributed by atoms with Crippen LogP contribution in [0.5, 0.6) is 0 Å². The summed E-state index contributed by atoms with van der Waals surface area (Å²) in [6, 6.07) is 13.7. The molecule has 0 spiro atoms. The Labute approximate surface area is 117 Å². The first-order valence-corrected chi connectivity index (χ1v) is 7.36. The minimum Gasteiger partial charge on any atom is -0.373 e. The Hall–Kier alpha value is -1.08. The molecule has 6 heteroatoms. The normalized spacial score (nSPS) is 14.2. The second kappa shape index (κ2) is 5.50. The first-order chi connectivity index (χ1) is 8.88. The molecule has 2 aromatic rings. The van der Waals surface area contributed by atoms with Crippen molar-refractivity contribution in [3.63, 3.8) is 0 Å². The monoisotopic (exact) mass is 300 g/mol. The quantitative estimate of drug-likeness (QED) is 0.684. The largest absolute Gasteiger partial charge is 0.373 e. The summed E-state index contributed by atoms with van der Waals surface area (Å²) in [5, 5.41) is 10.2. The second-order valence-electron chi connectivity index (χ2n) is 4.04. The number of hydrogen-bond acceptors (Lipinski definition) is 4. The van der Waals surface area contributed by atoms with Gasteiger partial charge in [0.15, 0.2) is 5.44 Å². The molecule has 1 unspecified atom stereocenters. The van der Waals surface area contributed by atoms with E-state index in [0.29, 0.717) is 5.02 Å². The fraction of sp³-hybridized carbons (Fsp3) is 0.0769. The second-order valence-corrected chi connectivity index (χ2v) is 6.05. The third-order valence-electron chi connectivity index (χ3n) is 2.67. The first-order valence-electron chi connectivity index (χ1n) is 5.41. The van der Waals surface area contributed by atoms with Gasteiger partial charge < -0.3 is 18.8 Å². The average Bonchev–Trinajstić information content (AvgIpc) is 2.38. The van der Waals surface area contributed by atoms with Crippen molar-refractivity contribution in [2.45, 2.75) is 5.44 Å². The molecular formula is C13H13ClO4S. The lowest BCUT2D eigenvalue weighted by Crippen LogP contribution is -2.08. The zero-order chi connectivity index (χ0) is 14.0. The molecule has 0 aliphatic heterocycles. The minimum absolute atomic E-state index is 0.236. The van der Waals surface area contributed by atoms with Gasteiger partial charge in [0.1, 0.15) is 10.9 Å². The molecule has 4 N–H and O–H groups in total. The zero-order valence-corrected chi connectivity index (χ0v) is 11.3. The third kappa shape index (κ3) is 3.48. The number of halogens is 1. The molecule has 0 saturated heterocycles. The first kappa shape index (κ1) is 14.3. The van der Waals surface area contributed by atoms with Crippen molar-refractivity contribution in [1.29, 1.82) is 0 Å². The smallest absolute Gasteiger partial charge is 0.176 e. The van der Waals surface area contributed by atoms with E-state index in [0.717, 1.165) is 11.1 Å². The van der Waals surface area contributed by atoms with Gasteiger partial charge in [0.05, 0.1) is 0 Å². The van der Waals surface area contributed by atoms with Crippen LogP contribution in [-0.2, 0) is 0 Å². The van der Waals surface area contributed by atoms with Gasteiger partial charge in [-0.1, -0.05) is 48.0 Å². The fourth-order valence-electron chi connectivity index (χ4n) is 1.67. The van der Waals surface area contributed by atoms with Gasteiger partial charge in [0.25, 0.3) is 0 Å². The Morgan fingerprint density at radius 1 is 0.789 bits per heavy atom. The van der Waals surface area contributed by atoms with Crippen LogP contribution < -0.4 is 0 Å². The summed E-state index contributed by atoms with van der Waals surface area (Å²) in [6.07, 6.45) is 0. The molecule has 0 heterocycles. The van der Waals surface area contributed by atoms with Gasteiger partial charge >= 0.3 is 0 Å². The summed E-state index contributed by atoms with van der Waals surface area (Å²) >= 11 is 5.80. The maximum absolute atomic E-state index is 9.52. The van der Waals surface area contributed by atoms with Crippen LogP contribution in [0.2, 0.25) is 5.02 Å².